The number of carbonyl (C=O) groups is 2. The van der Waals surface area contributed by atoms with Crippen LogP contribution in [0.4, 0.5) is 5.69 Å². The van der Waals surface area contributed by atoms with Crippen LogP contribution in [0.1, 0.15) is 29.8 Å². The molecule has 0 spiro atoms. The maximum absolute atomic E-state index is 12.6. The van der Waals surface area contributed by atoms with Crippen LogP contribution >= 0.6 is 34.2 Å². The monoisotopic (exact) mass is 651 g/mol. The van der Waals surface area contributed by atoms with Crippen molar-refractivity contribution in [3.8, 4) is 23.0 Å². The number of amides is 2. The van der Waals surface area contributed by atoms with Crippen LogP contribution in [0.25, 0.3) is 0 Å². The number of hydrazone groups is 1. The maximum Gasteiger partial charge on any atom is 0.271 e. The first-order valence-corrected chi connectivity index (χ1v) is 13.1. The lowest BCUT2D eigenvalue weighted by atomic mass is 10.2. The number of ether oxygens (including phenoxy) is 4. The second-order valence-corrected chi connectivity index (χ2v) is 9.20. The summed E-state index contributed by atoms with van der Waals surface area (Å²) < 4.78 is 23.0. The van der Waals surface area contributed by atoms with Gasteiger partial charge in [0, 0.05) is 16.3 Å². The molecule has 0 aromatic heterocycles. The Morgan fingerprint density at radius 3 is 2.34 bits per heavy atom. The van der Waals surface area contributed by atoms with E-state index < -0.39 is 5.91 Å². The van der Waals surface area contributed by atoms with Crippen molar-refractivity contribution in [2.45, 2.75) is 13.8 Å². The lowest BCUT2D eigenvalue weighted by Gasteiger charge is -2.14. The zero-order valence-corrected chi connectivity index (χ0v) is 24.0. The lowest BCUT2D eigenvalue weighted by Crippen LogP contribution is -2.20. The molecule has 0 fully saturated rings. The smallest absolute Gasteiger partial charge is 0.271 e. The van der Waals surface area contributed by atoms with Crippen LogP contribution in [-0.2, 0) is 4.79 Å². The number of anilines is 1. The van der Waals surface area contributed by atoms with E-state index in [0.717, 1.165) is 0 Å². The van der Waals surface area contributed by atoms with Gasteiger partial charge in [-0.2, -0.15) is 5.10 Å². The van der Waals surface area contributed by atoms with Crippen molar-refractivity contribution in [1.82, 2.24) is 5.43 Å². The molecule has 0 radical (unpaired) electrons. The third-order valence-corrected chi connectivity index (χ3v) is 5.97. The van der Waals surface area contributed by atoms with Gasteiger partial charge >= 0.3 is 0 Å². The molecule has 0 saturated carbocycles. The quantitative estimate of drug-likeness (QED) is 0.152. The van der Waals surface area contributed by atoms with Crippen LogP contribution in [0, 0.1) is 3.57 Å². The van der Waals surface area contributed by atoms with E-state index in [1.807, 2.05) is 13.8 Å². The van der Waals surface area contributed by atoms with Crippen molar-refractivity contribution in [2.24, 2.45) is 5.10 Å². The summed E-state index contributed by atoms with van der Waals surface area (Å²) in [6.45, 7) is 4.30. The molecule has 38 heavy (non-hydrogen) atoms. The number of carbonyl (C=O) groups excluding carboxylic acids is 2. The first kappa shape index (κ1) is 29.1. The number of hydrogen-bond acceptors (Lipinski definition) is 7. The molecule has 0 saturated heterocycles. The number of nitrogens with one attached hydrogen (secondary N) is 2. The molecule has 0 atom stereocenters. The SMILES string of the molecule is CCOc1cc(C(=O)N/N=C/c2cc(I)c(OCC(=O)Nc3ccc(Cl)cc3)c(OCC)c2)ccc1OC. The van der Waals surface area contributed by atoms with Crippen molar-refractivity contribution in [2.75, 3.05) is 32.2 Å². The van der Waals surface area contributed by atoms with E-state index in [-0.39, 0.29) is 12.5 Å². The number of nitrogens with zero attached hydrogens (tertiary/aromatic N) is 1. The highest BCUT2D eigenvalue weighted by Crippen LogP contribution is 2.34. The first-order chi connectivity index (χ1) is 18.3. The van der Waals surface area contributed by atoms with Gasteiger partial charge in [-0.25, -0.2) is 5.43 Å². The average molecular weight is 652 g/mol. The van der Waals surface area contributed by atoms with Crippen molar-refractivity contribution in [3.63, 3.8) is 0 Å². The highest BCUT2D eigenvalue weighted by Gasteiger charge is 2.15. The van der Waals surface area contributed by atoms with E-state index in [2.05, 4.69) is 38.4 Å². The molecule has 3 rings (SSSR count). The van der Waals surface area contributed by atoms with Gasteiger partial charge in [0.15, 0.2) is 29.6 Å². The summed E-state index contributed by atoms with van der Waals surface area (Å²) >= 11 is 7.97. The Morgan fingerprint density at radius 1 is 0.947 bits per heavy atom. The van der Waals surface area contributed by atoms with E-state index in [1.165, 1.54) is 13.3 Å². The van der Waals surface area contributed by atoms with E-state index in [9.17, 15) is 9.59 Å². The van der Waals surface area contributed by atoms with Gasteiger partial charge in [0.2, 0.25) is 0 Å². The van der Waals surface area contributed by atoms with Crippen LogP contribution in [-0.4, -0.2) is 45.0 Å². The molecule has 2 amide bonds. The molecule has 9 nitrogen and oxygen atoms in total. The maximum atomic E-state index is 12.6. The fraction of sp³-hybridized carbons (Fsp3) is 0.222. The zero-order valence-electron chi connectivity index (χ0n) is 21.0. The minimum absolute atomic E-state index is 0.214. The van der Waals surface area contributed by atoms with Crippen LogP contribution in [0.2, 0.25) is 5.02 Å². The molecule has 0 aliphatic heterocycles. The minimum Gasteiger partial charge on any atom is -0.493 e. The standard InChI is InChI=1S/C27H27ClIN3O6/c1-4-36-23-14-18(6-11-22(23)35-3)27(34)32-30-15-17-12-21(29)26(24(13-17)37-5-2)38-16-25(33)31-20-9-7-19(28)8-10-20/h6-15H,4-5,16H2,1-3H3,(H,31,33)(H,32,34)/b30-15+. The predicted molar refractivity (Wildman–Crippen MR) is 155 cm³/mol. The molecule has 2 N–H and O–H groups in total. The topological polar surface area (TPSA) is 107 Å². The molecule has 0 unspecified atom stereocenters. The predicted octanol–water partition coefficient (Wildman–Crippen LogP) is 5.53. The molecule has 3 aromatic rings. The molecule has 0 aliphatic carbocycles. The summed E-state index contributed by atoms with van der Waals surface area (Å²) in [5.74, 6) is 1.15. The number of hydrogen-bond donors (Lipinski definition) is 2. The number of methoxy groups -OCH3 is 1. The van der Waals surface area contributed by atoms with Crippen LogP contribution in [0.15, 0.2) is 59.7 Å². The third kappa shape index (κ3) is 8.25. The summed E-state index contributed by atoms with van der Waals surface area (Å²) in [5.41, 5.74) is 4.16. The summed E-state index contributed by atoms with van der Waals surface area (Å²) in [6.07, 6.45) is 1.49. The second kappa shape index (κ2) is 14.4. The molecule has 3 aromatic carbocycles. The summed E-state index contributed by atoms with van der Waals surface area (Å²) in [7, 11) is 1.53. The van der Waals surface area contributed by atoms with E-state index in [4.69, 9.17) is 30.5 Å². The Labute approximate surface area is 239 Å². The summed E-state index contributed by atoms with van der Waals surface area (Å²) in [5, 5.41) is 7.39. The molecule has 0 bridgehead atoms. The minimum atomic E-state index is -0.406. The van der Waals surface area contributed by atoms with Gasteiger partial charge in [0.05, 0.1) is 30.1 Å². The molecule has 11 heteroatoms. The average Bonchev–Trinajstić information content (AvgIpc) is 2.90. The fourth-order valence-electron chi connectivity index (χ4n) is 3.25. The Kier molecular flexibility index (Phi) is 11.0. The molecule has 0 heterocycles. The van der Waals surface area contributed by atoms with Crippen molar-refractivity contribution >= 4 is 57.9 Å². The highest BCUT2D eigenvalue weighted by atomic mass is 127. The van der Waals surface area contributed by atoms with Gasteiger partial charge in [-0.05, 0) is 96.6 Å². The summed E-state index contributed by atoms with van der Waals surface area (Å²) in [6, 6.07) is 15.2. The van der Waals surface area contributed by atoms with Crippen LogP contribution in [0.5, 0.6) is 23.0 Å². The van der Waals surface area contributed by atoms with E-state index >= 15 is 0 Å². The van der Waals surface area contributed by atoms with Gasteiger partial charge in [-0.3, -0.25) is 9.59 Å². The molecule has 0 aliphatic rings. The number of benzene rings is 3. The Morgan fingerprint density at radius 2 is 1.66 bits per heavy atom. The van der Waals surface area contributed by atoms with Gasteiger partial charge in [-0.1, -0.05) is 11.6 Å². The number of rotatable bonds is 12. The van der Waals surface area contributed by atoms with E-state index in [1.54, 1.807) is 54.6 Å². The van der Waals surface area contributed by atoms with Gasteiger partial charge in [-0.15, -0.1) is 0 Å². The van der Waals surface area contributed by atoms with Crippen LogP contribution in [0.3, 0.4) is 0 Å². The van der Waals surface area contributed by atoms with Crippen molar-refractivity contribution in [3.05, 3.63) is 74.3 Å². The second-order valence-electron chi connectivity index (χ2n) is 7.60. The molecular weight excluding hydrogens is 625 g/mol. The van der Waals surface area contributed by atoms with Crippen molar-refractivity contribution in [1.29, 1.82) is 0 Å². The van der Waals surface area contributed by atoms with Crippen molar-refractivity contribution < 1.29 is 28.5 Å². The largest absolute Gasteiger partial charge is 0.493 e. The number of halogens is 2. The van der Waals surface area contributed by atoms with E-state index in [0.29, 0.717) is 61.6 Å². The third-order valence-electron chi connectivity index (χ3n) is 4.91. The lowest BCUT2D eigenvalue weighted by molar-refractivity contribution is -0.118. The van der Waals surface area contributed by atoms with Gasteiger partial charge in [0.25, 0.3) is 11.8 Å². The normalized spacial score (nSPS) is 10.7. The first-order valence-electron chi connectivity index (χ1n) is 11.6. The van der Waals surface area contributed by atoms with Crippen LogP contribution < -0.4 is 29.7 Å². The Bertz CT molecular complexity index is 1300. The molecule has 200 valence electrons. The Balaban J connectivity index is 1.66. The van der Waals surface area contributed by atoms with Gasteiger partial charge in [0.1, 0.15) is 0 Å². The highest BCUT2D eigenvalue weighted by molar-refractivity contribution is 14.1. The summed E-state index contributed by atoms with van der Waals surface area (Å²) in [4.78, 5) is 24.9. The van der Waals surface area contributed by atoms with Gasteiger partial charge < -0.3 is 24.3 Å². The Hall–Kier alpha value is -3.51. The molecular formula is C27H27ClIN3O6. The fourth-order valence-corrected chi connectivity index (χ4v) is 4.16. The zero-order chi connectivity index (χ0) is 27.5.